The number of nitrogens with one attached hydrogen (secondary N) is 1. The quantitative estimate of drug-likeness (QED) is 0.835. The summed E-state index contributed by atoms with van der Waals surface area (Å²) in [7, 11) is -1.82. The average molecular weight is 285 g/mol. The zero-order chi connectivity index (χ0) is 14.5. The van der Waals surface area contributed by atoms with Crippen molar-refractivity contribution in [3.8, 4) is 5.75 Å². The molecule has 1 N–H and O–H groups in total. The van der Waals surface area contributed by atoms with Crippen molar-refractivity contribution in [1.82, 2.24) is 5.32 Å². The molecule has 1 rings (SSSR count). The molecule has 0 aliphatic heterocycles. The van der Waals surface area contributed by atoms with Crippen LogP contribution in [0.15, 0.2) is 29.2 Å². The lowest BCUT2D eigenvalue weighted by atomic mass is 10.2. The lowest BCUT2D eigenvalue weighted by Crippen LogP contribution is -2.42. The molecule has 2 unspecified atom stereocenters. The minimum Gasteiger partial charge on any atom is -0.497 e. The summed E-state index contributed by atoms with van der Waals surface area (Å²) in [6.07, 6.45) is 0.776. The molecule has 0 heterocycles. The Morgan fingerprint density at radius 2 is 2.00 bits per heavy atom. The van der Waals surface area contributed by atoms with Gasteiger partial charge in [0.15, 0.2) is 9.84 Å². The molecular weight excluding hydrogens is 262 g/mol. The van der Waals surface area contributed by atoms with Crippen LogP contribution in [0, 0.1) is 0 Å². The van der Waals surface area contributed by atoms with E-state index in [2.05, 4.69) is 5.32 Å². The van der Waals surface area contributed by atoms with Gasteiger partial charge in [-0.05, 0) is 38.1 Å². The van der Waals surface area contributed by atoms with Crippen LogP contribution in [-0.4, -0.2) is 33.4 Å². The summed E-state index contributed by atoms with van der Waals surface area (Å²) >= 11 is 0. The van der Waals surface area contributed by atoms with E-state index in [9.17, 15) is 8.42 Å². The molecular formula is C14H23NO3S. The predicted molar refractivity (Wildman–Crippen MR) is 77.4 cm³/mol. The molecule has 0 aliphatic rings. The molecule has 5 heteroatoms. The summed E-state index contributed by atoms with van der Waals surface area (Å²) in [6, 6.07) is 6.59. The Kier molecular flexibility index (Phi) is 5.82. The van der Waals surface area contributed by atoms with Crippen LogP contribution < -0.4 is 10.1 Å². The number of hydrogen-bond donors (Lipinski definition) is 1. The van der Waals surface area contributed by atoms with Crippen LogP contribution in [0.3, 0.4) is 0 Å². The van der Waals surface area contributed by atoms with Crippen LogP contribution >= 0.6 is 0 Å². The van der Waals surface area contributed by atoms with Crippen LogP contribution in [0.1, 0.15) is 27.2 Å². The molecule has 0 radical (unpaired) electrons. The van der Waals surface area contributed by atoms with E-state index in [0.717, 1.165) is 13.0 Å². The van der Waals surface area contributed by atoms with Crippen molar-refractivity contribution in [2.45, 2.75) is 43.4 Å². The zero-order valence-corrected chi connectivity index (χ0v) is 12.8. The van der Waals surface area contributed by atoms with Crippen molar-refractivity contribution < 1.29 is 13.2 Å². The standard InChI is InChI=1S/C14H23NO3S/c1-5-14(15-6-2)11(3)19(16,17)13-9-7-8-12(10-13)18-4/h7-11,14-15H,5-6H2,1-4H3. The highest BCUT2D eigenvalue weighted by Crippen LogP contribution is 2.23. The molecule has 0 amide bonds. The maximum Gasteiger partial charge on any atom is 0.182 e. The van der Waals surface area contributed by atoms with Crippen LogP contribution in [0.4, 0.5) is 0 Å². The molecule has 0 spiro atoms. The van der Waals surface area contributed by atoms with E-state index in [1.165, 1.54) is 7.11 Å². The molecule has 0 bridgehead atoms. The molecule has 1 aromatic carbocycles. The third-order valence-electron chi connectivity index (χ3n) is 3.33. The summed E-state index contributed by atoms with van der Waals surface area (Å²) in [5.41, 5.74) is 0. The first-order chi connectivity index (χ1) is 8.97. The summed E-state index contributed by atoms with van der Waals surface area (Å²) in [5, 5.41) is 2.76. The predicted octanol–water partition coefficient (Wildman–Crippen LogP) is 2.25. The maximum absolute atomic E-state index is 12.6. The maximum atomic E-state index is 12.6. The third kappa shape index (κ3) is 3.70. The second-order valence-electron chi connectivity index (χ2n) is 4.50. The Balaban J connectivity index is 3.07. The number of sulfone groups is 1. The van der Waals surface area contributed by atoms with E-state index in [0.29, 0.717) is 10.6 Å². The van der Waals surface area contributed by atoms with E-state index >= 15 is 0 Å². The minimum absolute atomic E-state index is 0.0406. The number of hydrogen-bond acceptors (Lipinski definition) is 4. The van der Waals surface area contributed by atoms with Gasteiger partial charge in [0.05, 0.1) is 17.3 Å². The number of benzene rings is 1. The molecule has 2 atom stereocenters. The van der Waals surface area contributed by atoms with Gasteiger partial charge in [-0.2, -0.15) is 0 Å². The van der Waals surface area contributed by atoms with Gasteiger partial charge in [0.2, 0.25) is 0 Å². The van der Waals surface area contributed by atoms with Crippen molar-refractivity contribution in [2.75, 3.05) is 13.7 Å². The lowest BCUT2D eigenvalue weighted by Gasteiger charge is -2.23. The van der Waals surface area contributed by atoms with Crippen molar-refractivity contribution in [2.24, 2.45) is 0 Å². The van der Waals surface area contributed by atoms with E-state index in [1.54, 1.807) is 31.2 Å². The number of methoxy groups -OCH3 is 1. The van der Waals surface area contributed by atoms with Gasteiger partial charge in [-0.25, -0.2) is 8.42 Å². The first kappa shape index (κ1) is 16.0. The van der Waals surface area contributed by atoms with Gasteiger partial charge >= 0.3 is 0 Å². The van der Waals surface area contributed by atoms with Crippen LogP contribution in [0.5, 0.6) is 5.75 Å². The molecule has 0 saturated heterocycles. The Bertz CT molecular complexity index is 499. The molecule has 0 fully saturated rings. The molecule has 108 valence electrons. The summed E-state index contributed by atoms with van der Waals surface area (Å²) in [5.74, 6) is 0.560. The first-order valence-electron chi connectivity index (χ1n) is 6.58. The fourth-order valence-corrected chi connectivity index (χ4v) is 3.81. The van der Waals surface area contributed by atoms with Gasteiger partial charge in [-0.15, -0.1) is 0 Å². The van der Waals surface area contributed by atoms with Crippen LogP contribution in [0.25, 0.3) is 0 Å². The van der Waals surface area contributed by atoms with Crippen molar-refractivity contribution in [3.63, 3.8) is 0 Å². The minimum atomic E-state index is -3.35. The van der Waals surface area contributed by atoms with E-state index in [4.69, 9.17) is 4.74 Å². The highest BCUT2D eigenvalue weighted by atomic mass is 32.2. The molecule has 0 saturated carbocycles. The average Bonchev–Trinajstić information content (AvgIpc) is 2.44. The van der Waals surface area contributed by atoms with Crippen molar-refractivity contribution in [3.05, 3.63) is 24.3 Å². The Labute approximate surface area is 116 Å². The van der Waals surface area contributed by atoms with Gasteiger partial charge in [-0.3, -0.25) is 0 Å². The Morgan fingerprint density at radius 3 is 2.53 bits per heavy atom. The Hall–Kier alpha value is -1.07. The first-order valence-corrected chi connectivity index (χ1v) is 8.13. The summed E-state index contributed by atoms with van der Waals surface area (Å²) < 4.78 is 30.2. The smallest absolute Gasteiger partial charge is 0.182 e. The van der Waals surface area contributed by atoms with Gasteiger partial charge in [0.25, 0.3) is 0 Å². The van der Waals surface area contributed by atoms with Gasteiger partial charge in [0, 0.05) is 6.04 Å². The van der Waals surface area contributed by atoms with Gasteiger partial charge < -0.3 is 10.1 Å². The number of ether oxygens (including phenoxy) is 1. The van der Waals surface area contributed by atoms with E-state index < -0.39 is 15.1 Å². The molecule has 0 aliphatic carbocycles. The highest BCUT2D eigenvalue weighted by molar-refractivity contribution is 7.92. The molecule has 4 nitrogen and oxygen atoms in total. The Morgan fingerprint density at radius 1 is 1.32 bits per heavy atom. The molecule has 1 aromatic rings. The zero-order valence-electron chi connectivity index (χ0n) is 12.0. The van der Waals surface area contributed by atoms with Gasteiger partial charge in [0.1, 0.15) is 5.75 Å². The SMILES string of the molecule is CCNC(CC)C(C)S(=O)(=O)c1cccc(OC)c1. The topological polar surface area (TPSA) is 55.4 Å². The number of rotatable bonds is 7. The van der Waals surface area contributed by atoms with Gasteiger partial charge in [-0.1, -0.05) is 19.9 Å². The van der Waals surface area contributed by atoms with Crippen molar-refractivity contribution >= 4 is 9.84 Å². The fraction of sp³-hybridized carbons (Fsp3) is 0.571. The molecule has 19 heavy (non-hydrogen) atoms. The lowest BCUT2D eigenvalue weighted by molar-refractivity contribution is 0.413. The monoisotopic (exact) mass is 285 g/mol. The molecule has 0 aromatic heterocycles. The second-order valence-corrected chi connectivity index (χ2v) is 6.81. The second kappa shape index (κ2) is 6.91. The largest absolute Gasteiger partial charge is 0.497 e. The van der Waals surface area contributed by atoms with Crippen molar-refractivity contribution in [1.29, 1.82) is 0 Å². The fourth-order valence-electron chi connectivity index (χ4n) is 2.11. The van der Waals surface area contributed by atoms with Crippen LogP contribution in [-0.2, 0) is 9.84 Å². The van der Waals surface area contributed by atoms with Crippen LogP contribution in [0.2, 0.25) is 0 Å². The normalized spacial score (nSPS) is 14.9. The van der Waals surface area contributed by atoms with E-state index in [-0.39, 0.29) is 6.04 Å². The summed E-state index contributed by atoms with van der Waals surface area (Å²) in [6.45, 7) is 6.49. The summed E-state index contributed by atoms with van der Waals surface area (Å²) in [4.78, 5) is 0.315. The van der Waals surface area contributed by atoms with E-state index in [1.807, 2.05) is 13.8 Å². The third-order valence-corrected chi connectivity index (χ3v) is 5.55. The highest BCUT2D eigenvalue weighted by Gasteiger charge is 2.29.